The van der Waals surface area contributed by atoms with Gasteiger partial charge in [0.2, 0.25) is 0 Å². The van der Waals surface area contributed by atoms with Gasteiger partial charge in [0.15, 0.2) is 0 Å². The van der Waals surface area contributed by atoms with Crippen molar-refractivity contribution in [1.82, 2.24) is 4.90 Å². The topological polar surface area (TPSA) is 29.3 Å². The zero-order chi connectivity index (χ0) is 11.9. The van der Waals surface area contributed by atoms with Crippen LogP contribution in [-0.4, -0.2) is 31.1 Å². The molecule has 17 heavy (non-hydrogen) atoms. The van der Waals surface area contributed by atoms with Gasteiger partial charge in [0.05, 0.1) is 0 Å². The van der Waals surface area contributed by atoms with E-state index in [-0.39, 0.29) is 0 Å². The molecule has 1 unspecified atom stereocenters. The molecule has 0 amide bonds. The Kier molecular flexibility index (Phi) is 5.79. The van der Waals surface area contributed by atoms with Crippen molar-refractivity contribution in [1.29, 1.82) is 0 Å². The Morgan fingerprint density at radius 3 is 2.18 bits per heavy atom. The lowest BCUT2D eigenvalue weighted by Crippen LogP contribution is -2.40. The Labute approximate surface area is 107 Å². The first-order valence-electron chi connectivity index (χ1n) is 7.81. The second-order valence-corrected chi connectivity index (χ2v) is 6.21. The van der Waals surface area contributed by atoms with Gasteiger partial charge in [-0.3, -0.25) is 0 Å². The van der Waals surface area contributed by atoms with Gasteiger partial charge >= 0.3 is 0 Å². The average Bonchev–Trinajstić information content (AvgIpc) is 2.33. The third-order valence-corrected chi connectivity index (χ3v) is 4.68. The maximum atomic E-state index is 5.82. The molecular formula is C15H30N2. The largest absolute Gasteiger partial charge is 0.330 e. The maximum Gasteiger partial charge on any atom is 0.00218 e. The summed E-state index contributed by atoms with van der Waals surface area (Å²) >= 11 is 0. The molecule has 1 aliphatic heterocycles. The number of nitrogens with zero attached hydrogens (tertiary/aromatic N) is 1. The van der Waals surface area contributed by atoms with Crippen molar-refractivity contribution in [3.05, 3.63) is 0 Å². The van der Waals surface area contributed by atoms with Crippen molar-refractivity contribution >= 4 is 0 Å². The fraction of sp³-hybridized carbons (Fsp3) is 1.00. The van der Waals surface area contributed by atoms with Crippen molar-refractivity contribution < 1.29 is 0 Å². The van der Waals surface area contributed by atoms with Crippen molar-refractivity contribution in [3.8, 4) is 0 Å². The number of hydrogen-bond donors (Lipinski definition) is 1. The van der Waals surface area contributed by atoms with Gasteiger partial charge in [0, 0.05) is 13.1 Å². The molecule has 0 aromatic rings. The van der Waals surface area contributed by atoms with Crippen LogP contribution < -0.4 is 5.73 Å². The van der Waals surface area contributed by atoms with E-state index in [1.54, 1.807) is 0 Å². The average molecular weight is 238 g/mol. The van der Waals surface area contributed by atoms with Crippen LogP contribution in [0.2, 0.25) is 0 Å². The van der Waals surface area contributed by atoms with Gasteiger partial charge in [-0.25, -0.2) is 0 Å². The molecule has 2 N–H and O–H groups in total. The molecule has 100 valence electrons. The number of hydrogen-bond acceptors (Lipinski definition) is 2. The molecule has 2 aliphatic rings. The fourth-order valence-electron chi connectivity index (χ4n) is 3.60. The van der Waals surface area contributed by atoms with E-state index in [0.29, 0.717) is 0 Å². The lowest BCUT2D eigenvalue weighted by molar-refractivity contribution is 0.144. The SMILES string of the molecule is NCC1CCCN(CC2CCCCCCC2)C1. The van der Waals surface area contributed by atoms with E-state index in [2.05, 4.69) is 4.90 Å². The first kappa shape index (κ1) is 13.4. The third kappa shape index (κ3) is 4.59. The lowest BCUT2D eigenvalue weighted by atomic mass is 9.89. The first-order chi connectivity index (χ1) is 8.38. The van der Waals surface area contributed by atoms with E-state index in [9.17, 15) is 0 Å². The number of rotatable bonds is 3. The molecule has 1 atom stereocenters. The maximum absolute atomic E-state index is 5.82. The normalized spacial score (nSPS) is 29.8. The fourth-order valence-corrected chi connectivity index (χ4v) is 3.60. The Bertz CT molecular complexity index is 197. The van der Waals surface area contributed by atoms with Crippen LogP contribution in [-0.2, 0) is 0 Å². The molecule has 0 aromatic heterocycles. The van der Waals surface area contributed by atoms with Gasteiger partial charge in [-0.2, -0.15) is 0 Å². The Balaban J connectivity index is 1.74. The van der Waals surface area contributed by atoms with Gasteiger partial charge < -0.3 is 10.6 Å². The molecular weight excluding hydrogens is 208 g/mol. The summed E-state index contributed by atoms with van der Waals surface area (Å²) in [6, 6.07) is 0. The number of piperidine rings is 1. The summed E-state index contributed by atoms with van der Waals surface area (Å²) < 4.78 is 0. The predicted octanol–water partition coefficient (Wildman–Crippen LogP) is 3.02. The van der Waals surface area contributed by atoms with Crippen molar-refractivity contribution in [3.63, 3.8) is 0 Å². The zero-order valence-corrected chi connectivity index (χ0v) is 11.4. The molecule has 0 aromatic carbocycles. The summed E-state index contributed by atoms with van der Waals surface area (Å²) in [6.45, 7) is 4.84. The van der Waals surface area contributed by atoms with Crippen LogP contribution in [0.1, 0.15) is 57.8 Å². The van der Waals surface area contributed by atoms with Crippen LogP contribution in [0.15, 0.2) is 0 Å². The molecule has 0 spiro atoms. The molecule has 2 rings (SSSR count). The van der Waals surface area contributed by atoms with Crippen LogP contribution in [0.3, 0.4) is 0 Å². The van der Waals surface area contributed by atoms with Crippen LogP contribution in [0.4, 0.5) is 0 Å². The highest BCUT2D eigenvalue weighted by atomic mass is 15.1. The summed E-state index contributed by atoms with van der Waals surface area (Å²) in [5.41, 5.74) is 5.82. The Hall–Kier alpha value is -0.0800. The van der Waals surface area contributed by atoms with Crippen molar-refractivity contribution in [2.75, 3.05) is 26.2 Å². The molecule has 2 fully saturated rings. The number of nitrogens with two attached hydrogens (primary N) is 1. The molecule has 1 heterocycles. The van der Waals surface area contributed by atoms with E-state index < -0.39 is 0 Å². The van der Waals surface area contributed by atoms with Crippen molar-refractivity contribution in [2.24, 2.45) is 17.6 Å². The molecule has 1 saturated heterocycles. The standard InChI is InChI=1S/C15H30N2/c16-11-15-9-6-10-17(13-15)12-14-7-4-2-1-3-5-8-14/h14-15H,1-13,16H2. The molecule has 1 aliphatic carbocycles. The summed E-state index contributed by atoms with van der Waals surface area (Å²) in [5, 5.41) is 0. The summed E-state index contributed by atoms with van der Waals surface area (Å²) in [7, 11) is 0. The van der Waals surface area contributed by atoms with E-state index in [1.165, 1.54) is 77.4 Å². The van der Waals surface area contributed by atoms with Gasteiger partial charge in [-0.1, -0.05) is 32.1 Å². The molecule has 1 saturated carbocycles. The molecule has 0 radical (unpaired) electrons. The van der Waals surface area contributed by atoms with Crippen molar-refractivity contribution in [2.45, 2.75) is 57.8 Å². The highest BCUT2D eigenvalue weighted by Gasteiger charge is 2.21. The van der Waals surface area contributed by atoms with E-state index in [1.807, 2.05) is 0 Å². The summed E-state index contributed by atoms with van der Waals surface area (Å²) in [4.78, 5) is 2.70. The zero-order valence-electron chi connectivity index (χ0n) is 11.4. The Morgan fingerprint density at radius 1 is 0.824 bits per heavy atom. The minimum atomic E-state index is 0.775. The van der Waals surface area contributed by atoms with Crippen LogP contribution in [0.25, 0.3) is 0 Å². The summed E-state index contributed by atoms with van der Waals surface area (Å²) in [6.07, 6.45) is 13.0. The predicted molar refractivity (Wildman–Crippen MR) is 74.0 cm³/mol. The monoisotopic (exact) mass is 238 g/mol. The molecule has 2 nitrogen and oxygen atoms in total. The van der Waals surface area contributed by atoms with E-state index in [0.717, 1.165) is 18.4 Å². The highest BCUT2D eigenvalue weighted by Crippen LogP contribution is 2.25. The third-order valence-electron chi connectivity index (χ3n) is 4.68. The lowest BCUT2D eigenvalue weighted by Gasteiger charge is -2.35. The van der Waals surface area contributed by atoms with E-state index >= 15 is 0 Å². The molecule has 2 heteroatoms. The first-order valence-corrected chi connectivity index (χ1v) is 7.81. The van der Waals surface area contributed by atoms with Crippen LogP contribution in [0, 0.1) is 11.8 Å². The second-order valence-electron chi connectivity index (χ2n) is 6.21. The van der Waals surface area contributed by atoms with Crippen LogP contribution in [0.5, 0.6) is 0 Å². The smallest absolute Gasteiger partial charge is 0.00218 e. The minimum Gasteiger partial charge on any atom is -0.330 e. The minimum absolute atomic E-state index is 0.775. The molecule has 0 bridgehead atoms. The van der Waals surface area contributed by atoms with Gasteiger partial charge in [0.1, 0.15) is 0 Å². The highest BCUT2D eigenvalue weighted by molar-refractivity contribution is 4.76. The van der Waals surface area contributed by atoms with Gasteiger partial charge in [-0.15, -0.1) is 0 Å². The summed E-state index contributed by atoms with van der Waals surface area (Å²) in [5.74, 6) is 1.75. The van der Waals surface area contributed by atoms with Gasteiger partial charge in [0.25, 0.3) is 0 Å². The number of likely N-dealkylation sites (tertiary alicyclic amines) is 1. The van der Waals surface area contributed by atoms with Gasteiger partial charge in [-0.05, 0) is 50.6 Å². The van der Waals surface area contributed by atoms with Crippen LogP contribution >= 0.6 is 0 Å². The Morgan fingerprint density at radius 2 is 1.47 bits per heavy atom. The quantitative estimate of drug-likeness (QED) is 0.819. The van der Waals surface area contributed by atoms with E-state index in [4.69, 9.17) is 5.73 Å². The second kappa shape index (κ2) is 7.38.